The van der Waals surface area contributed by atoms with Crippen LogP contribution in [0.1, 0.15) is 25.7 Å². The highest BCUT2D eigenvalue weighted by Crippen LogP contribution is 2.22. The molecule has 148 valence electrons. The van der Waals surface area contributed by atoms with Crippen molar-refractivity contribution >= 4 is 17.6 Å². The molecule has 7 heteroatoms. The van der Waals surface area contributed by atoms with Gasteiger partial charge < -0.3 is 19.9 Å². The number of piperidine rings is 2. The average Bonchev–Trinajstić information content (AvgIpc) is 2.73. The molecule has 1 atom stereocenters. The zero-order chi connectivity index (χ0) is 19.1. The number of ether oxygens (including phenoxy) is 1. The van der Waals surface area contributed by atoms with E-state index in [1.807, 2.05) is 24.4 Å². The fourth-order valence-corrected chi connectivity index (χ4v) is 3.98. The number of nitrogens with zero attached hydrogens (tertiary/aromatic N) is 3. The van der Waals surface area contributed by atoms with Gasteiger partial charge in [-0.05, 0) is 43.7 Å². The molecule has 2 fully saturated rings. The lowest BCUT2D eigenvalue weighted by Gasteiger charge is -2.34. The highest BCUT2D eigenvalue weighted by atomic mass is 16.5. The summed E-state index contributed by atoms with van der Waals surface area (Å²) in [6, 6.07) is 5.98. The van der Waals surface area contributed by atoms with Crippen LogP contribution in [0.15, 0.2) is 24.4 Å². The first-order valence-electron chi connectivity index (χ1n) is 9.87. The van der Waals surface area contributed by atoms with E-state index in [9.17, 15) is 9.59 Å². The number of amides is 2. The number of pyridine rings is 1. The lowest BCUT2D eigenvalue weighted by Crippen LogP contribution is -2.46. The topological polar surface area (TPSA) is 74.8 Å². The highest BCUT2D eigenvalue weighted by Gasteiger charge is 2.28. The molecule has 0 saturated carbocycles. The molecule has 0 unspecified atom stereocenters. The van der Waals surface area contributed by atoms with Gasteiger partial charge in [-0.25, -0.2) is 4.98 Å². The number of carbonyl (C=O) groups is 2. The summed E-state index contributed by atoms with van der Waals surface area (Å²) in [7, 11) is 1.53. The first-order chi connectivity index (χ1) is 13.2. The fraction of sp³-hybridized carbons (Fsp3) is 0.650. The van der Waals surface area contributed by atoms with Crippen molar-refractivity contribution in [1.29, 1.82) is 0 Å². The van der Waals surface area contributed by atoms with Crippen LogP contribution < -0.4 is 10.2 Å². The number of likely N-dealkylation sites (tertiary alicyclic amines) is 1. The number of hydrogen-bond acceptors (Lipinski definition) is 5. The fourth-order valence-electron chi connectivity index (χ4n) is 3.98. The second-order valence-electron chi connectivity index (χ2n) is 7.48. The van der Waals surface area contributed by atoms with Gasteiger partial charge in [-0.2, -0.15) is 0 Å². The maximum absolute atomic E-state index is 12.5. The minimum absolute atomic E-state index is 0.00655. The number of methoxy groups -OCH3 is 1. The van der Waals surface area contributed by atoms with Crippen molar-refractivity contribution in [2.24, 2.45) is 11.8 Å². The molecule has 0 aliphatic carbocycles. The lowest BCUT2D eigenvalue weighted by molar-refractivity contribution is -0.138. The van der Waals surface area contributed by atoms with Gasteiger partial charge in [-0.15, -0.1) is 0 Å². The van der Waals surface area contributed by atoms with Gasteiger partial charge in [0.1, 0.15) is 12.4 Å². The molecule has 0 aromatic carbocycles. The van der Waals surface area contributed by atoms with Crippen molar-refractivity contribution < 1.29 is 14.3 Å². The van der Waals surface area contributed by atoms with Crippen molar-refractivity contribution in [1.82, 2.24) is 15.2 Å². The second-order valence-corrected chi connectivity index (χ2v) is 7.48. The predicted octanol–water partition coefficient (Wildman–Crippen LogP) is 1.30. The van der Waals surface area contributed by atoms with E-state index in [1.165, 1.54) is 7.11 Å². The molecule has 27 heavy (non-hydrogen) atoms. The zero-order valence-corrected chi connectivity index (χ0v) is 16.1. The van der Waals surface area contributed by atoms with Crippen molar-refractivity contribution in [3.8, 4) is 0 Å². The van der Waals surface area contributed by atoms with E-state index in [1.54, 1.807) is 4.90 Å². The Hall–Kier alpha value is -2.15. The smallest absolute Gasteiger partial charge is 0.248 e. The van der Waals surface area contributed by atoms with Gasteiger partial charge in [0.2, 0.25) is 11.8 Å². The summed E-state index contributed by atoms with van der Waals surface area (Å²) in [5, 5.41) is 3.15. The van der Waals surface area contributed by atoms with Crippen LogP contribution in [0.5, 0.6) is 0 Å². The molecule has 0 radical (unpaired) electrons. The second kappa shape index (κ2) is 9.69. The zero-order valence-electron chi connectivity index (χ0n) is 16.1. The number of rotatable bonds is 6. The largest absolute Gasteiger partial charge is 0.375 e. The Morgan fingerprint density at radius 2 is 2.04 bits per heavy atom. The van der Waals surface area contributed by atoms with Gasteiger partial charge in [0.05, 0.1) is 0 Å². The Morgan fingerprint density at radius 1 is 1.22 bits per heavy atom. The molecular weight excluding hydrogens is 344 g/mol. The molecule has 7 nitrogen and oxygen atoms in total. The third kappa shape index (κ3) is 5.42. The van der Waals surface area contributed by atoms with E-state index in [0.29, 0.717) is 25.6 Å². The molecule has 2 aliphatic rings. The van der Waals surface area contributed by atoms with Crippen LogP contribution in [-0.2, 0) is 14.3 Å². The Kier molecular flexibility index (Phi) is 7.04. The van der Waals surface area contributed by atoms with Gasteiger partial charge >= 0.3 is 0 Å². The Labute approximate surface area is 161 Å². The minimum Gasteiger partial charge on any atom is -0.375 e. The molecule has 1 aromatic heterocycles. The Balaban J connectivity index is 1.41. The number of hydrogen-bond donors (Lipinski definition) is 1. The van der Waals surface area contributed by atoms with Crippen LogP contribution >= 0.6 is 0 Å². The third-order valence-electron chi connectivity index (χ3n) is 5.54. The first kappa shape index (κ1) is 19.6. The maximum Gasteiger partial charge on any atom is 0.248 e. The molecule has 0 spiro atoms. The number of nitrogens with one attached hydrogen (secondary N) is 1. The number of aromatic nitrogens is 1. The molecule has 2 aliphatic heterocycles. The first-order valence-corrected chi connectivity index (χ1v) is 9.87. The van der Waals surface area contributed by atoms with E-state index < -0.39 is 0 Å². The van der Waals surface area contributed by atoms with Gasteiger partial charge in [0, 0.05) is 51.9 Å². The Morgan fingerprint density at radius 3 is 2.74 bits per heavy atom. The van der Waals surface area contributed by atoms with E-state index >= 15 is 0 Å². The molecule has 2 amide bonds. The van der Waals surface area contributed by atoms with Gasteiger partial charge in [-0.1, -0.05) is 6.07 Å². The van der Waals surface area contributed by atoms with Gasteiger partial charge in [0.15, 0.2) is 0 Å². The van der Waals surface area contributed by atoms with Crippen LogP contribution in [0.25, 0.3) is 0 Å². The summed E-state index contributed by atoms with van der Waals surface area (Å²) in [5.74, 6) is 1.61. The minimum atomic E-state index is 0.00655. The van der Waals surface area contributed by atoms with Crippen LogP contribution in [0, 0.1) is 11.8 Å². The maximum atomic E-state index is 12.5. The van der Waals surface area contributed by atoms with Crippen molar-refractivity contribution in [2.45, 2.75) is 25.7 Å². The normalized spacial score (nSPS) is 21.1. The van der Waals surface area contributed by atoms with Gasteiger partial charge in [0.25, 0.3) is 0 Å². The van der Waals surface area contributed by atoms with E-state index in [2.05, 4.69) is 15.2 Å². The lowest BCUT2D eigenvalue weighted by atomic mass is 9.94. The molecule has 1 aromatic rings. The molecule has 0 bridgehead atoms. The summed E-state index contributed by atoms with van der Waals surface area (Å²) >= 11 is 0. The van der Waals surface area contributed by atoms with Crippen molar-refractivity contribution in [3.05, 3.63) is 24.4 Å². The SMILES string of the molecule is COCC(=O)N1CCC(C(=O)NC[C@H]2CCCN(c3ccccn3)C2)CC1. The molecule has 2 saturated heterocycles. The van der Waals surface area contributed by atoms with Crippen LogP contribution in [0.2, 0.25) is 0 Å². The summed E-state index contributed by atoms with van der Waals surface area (Å²) in [5.41, 5.74) is 0. The summed E-state index contributed by atoms with van der Waals surface area (Å²) < 4.78 is 4.90. The van der Waals surface area contributed by atoms with Gasteiger partial charge in [-0.3, -0.25) is 9.59 Å². The van der Waals surface area contributed by atoms with E-state index in [-0.39, 0.29) is 24.3 Å². The van der Waals surface area contributed by atoms with E-state index in [0.717, 1.165) is 44.6 Å². The summed E-state index contributed by atoms with van der Waals surface area (Å²) in [4.78, 5) is 32.9. The summed E-state index contributed by atoms with van der Waals surface area (Å²) in [6.45, 7) is 4.06. The van der Waals surface area contributed by atoms with Crippen molar-refractivity contribution in [2.75, 3.05) is 51.3 Å². The quantitative estimate of drug-likeness (QED) is 0.812. The third-order valence-corrected chi connectivity index (χ3v) is 5.54. The predicted molar refractivity (Wildman–Crippen MR) is 103 cm³/mol. The molecule has 3 rings (SSSR count). The van der Waals surface area contributed by atoms with Crippen LogP contribution in [-0.4, -0.2) is 68.1 Å². The van der Waals surface area contributed by atoms with Crippen LogP contribution in [0.3, 0.4) is 0 Å². The van der Waals surface area contributed by atoms with Crippen molar-refractivity contribution in [3.63, 3.8) is 0 Å². The number of anilines is 1. The monoisotopic (exact) mass is 374 g/mol. The molecule has 1 N–H and O–H groups in total. The Bertz CT molecular complexity index is 617. The molecule has 3 heterocycles. The van der Waals surface area contributed by atoms with Crippen LogP contribution in [0.4, 0.5) is 5.82 Å². The molecular formula is C20H30N4O3. The highest BCUT2D eigenvalue weighted by molar-refractivity contribution is 5.80. The summed E-state index contributed by atoms with van der Waals surface area (Å²) in [6.07, 6.45) is 5.53. The standard InChI is InChI=1S/C20H30N4O3/c1-27-15-19(25)23-11-7-17(8-12-23)20(26)22-13-16-5-4-10-24(14-16)18-6-2-3-9-21-18/h2-3,6,9,16-17H,4-5,7-8,10-15H2,1H3,(H,22,26)/t16-/m1/s1. The van der Waals surface area contributed by atoms with E-state index in [4.69, 9.17) is 4.74 Å². The number of carbonyl (C=O) groups excluding carboxylic acids is 2. The average molecular weight is 374 g/mol.